The summed E-state index contributed by atoms with van der Waals surface area (Å²) >= 11 is 0. The van der Waals surface area contributed by atoms with Crippen molar-refractivity contribution in [2.75, 3.05) is 20.1 Å². The highest BCUT2D eigenvalue weighted by atomic mass is 32.2. The second-order valence-corrected chi connectivity index (χ2v) is 9.63. The Labute approximate surface area is 180 Å². The van der Waals surface area contributed by atoms with Crippen LogP contribution in [0, 0.1) is 11.3 Å². The third-order valence-electron chi connectivity index (χ3n) is 5.46. The van der Waals surface area contributed by atoms with Crippen LogP contribution in [0.5, 0.6) is 0 Å². The molecule has 9 nitrogen and oxygen atoms in total. The SMILES string of the molecule is CN(Cc1ccccn1)C(=O)C1=NO[C@]2(CCN(S(=O)(=O)c3ccc(C#N)cc3)C2)C1. The summed E-state index contributed by atoms with van der Waals surface area (Å²) in [5, 5.41) is 12.9. The molecular weight excluding hydrogens is 418 g/mol. The van der Waals surface area contributed by atoms with Crippen LogP contribution in [0.1, 0.15) is 24.1 Å². The number of hydrogen-bond donors (Lipinski definition) is 0. The lowest BCUT2D eigenvalue weighted by molar-refractivity contribution is -0.123. The number of oxime groups is 1. The van der Waals surface area contributed by atoms with Crippen LogP contribution in [0.15, 0.2) is 58.7 Å². The molecule has 3 heterocycles. The van der Waals surface area contributed by atoms with Crippen molar-refractivity contribution in [2.45, 2.75) is 29.9 Å². The summed E-state index contributed by atoms with van der Waals surface area (Å²) in [5.74, 6) is -0.268. The lowest BCUT2D eigenvalue weighted by Gasteiger charge is -2.22. The molecule has 160 valence electrons. The number of pyridine rings is 1. The number of sulfonamides is 1. The minimum atomic E-state index is -3.73. The molecule has 4 rings (SSSR count). The van der Waals surface area contributed by atoms with Crippen molar-refractivity contribution in [3.63, 3.8) is 0 Å². The molecule has 0 radical (unpaired) electrons. The molecule has 2 aliphatic rings. The molecule has 2 aliphatic heterocycles. The number of aromatic nitrogens is 1. The summed E-state index contributed by atoms with van der Waals surface area (Å²) in [6.45, 7) is 0.716. The van der Waals surface area contributed by atoms with Crippen molar-refractivity contribution in [3.8, 4) is 6.07 Å². The van der Waals surface area contributed by atoms with E-state index in [1.807, 2.05) is 24.3 Å². The minimum absolute atomic E-state index is 0.111. The first kappa shape index (κ1) is 21.0. The summed E-state index contributed by atoms with van der Waals surface area (Å²) in [6.07, 6.45) is 2.35. The Morgan fingerprint density at radius 1 is 1.29 bits per heavy atom. The fraction of sp³-hybridized carbons (Fsp3) is 0.333. The maximum Gasteiger partial charge on any atom is 0.271 e. The van der Waals surface area contributed by atoms with E-state index in [1.54, 1.807) is 13.2 Å². The number of carbonyl (C=O) groups excluding carboxylic acids is 1. The molecule has 10 heteroatoms. The lowest BCUT2D eigenvalue weighted by atomic mass is 9.96. The van der Waals surface area contributed by atoms with E-state index >= 15 is 0 Å². The average Bonchev–Trinajstić information content (AvgIpc) is 3.41. The van der Waals surface area contributed by atoms with E-state index in [0.717, 1.165) is 5.69 Å². The molecular formula is C21H21N5O4S. The van der Waals surface area contributed by atoms with Crippen LogP contribution in [0.3, 0.4) is 0 Å². The minimum Gasteiger partial charge on any atom is -0.387 e. The van der Waals surface area contributed by atoms with Crippen LogP contribution < -0.4 is 0 Å². The molecule has 1 fully saturated rings. The molecule has 1 saturated heterocycles. The van der Waals surface area contributed by atoms with Crippen LogP contribution >= 0.6 is 0 Å². The number of hydrogen-bond acceptors (Lipinski definition) is 7. The summed E-state index contributed by atoms with van der Waals surface area (Å²) in [4.78, 5) is 24.2. The zero-order valence-corrected chi connectivity index (χ0v) is 17.7. The fourth-order valence-corrected chi connectivity index (χ4v) is 5.26. The Balaban J connectivity index is 1.41. The van der Waals surface area contributed by atoms with Crippen LogP contribution in [0.4, 0.5) is 0 Å². The molecule has 2 aromatic rings. The van der Waals surface area contributed by atoms with Gasteiger partial charge in [-0.05, 0) is 36.4 Å². The Kier molecular flexibility index (Phi) is 5.47. The molecule has 0 N–H and O–H groups in total. The van der Waals surface area contributed by atoms with E-state index in [1.165, 1.54) is 33.5 Å². The van der Waals surface area contributed by atoms with Crippen molar-refractivity contribution in [1.82, 2.24) is 14.2 Å². The monoisotopic (exact) mass is 439 g/mol. The third kappa shape index (κ3) is 4.15. The lowest BCUT2D eigenvalue weighted by Crippen LogP contribution is -2.39. The molecule has 31 heavy (non-hydrogen) atoms. The zero-order chi connectivity index (χ0) is 22.1. The maximum absolute atomic E-state index is 13.0. The van der Waals surface area contributed by atoms with Gasteiger partial charge in [0, 0.05) is 32.6 Å². The van der Waals surface area contributed by atoms with Crippen molar-refractivity contribution in [2.24, 2.45) is 5.16 Å². The van der Waals surface area contributed by atoms with Gasteiger partial charge in [0.15, 0.2) is 5.60 Å². The summed E-state index contributed by atoms with van der Waals surface area (Å²) < 4.78 is 27.3. The van der Waals surface area contributed by atoms with Crippen LogP contribution in [-0.4, -0.2) is 60.0 Å². The molecule has 1 aromatic carbocycles. The van der Waals surface area contributed by atoms with Gasteiger partial charge in [0.05, 0.1) is 35.3 Å². The first-order valence-corrected chi connectivity index (χ1v) is 11.2. The summed E-state index contributed by atoms with van der Waals surface area (Å²) in [7, 11) is -2.06. The topological polar surface area (TPSA) is 116 Å². The number of nitriles is 1. The number of carbonyl (C=O) groups is 1. The van der Waals surface area contributed by atoms with Crippen molar-refractivity contribution in [3.05, 3.63) is 59.9 Å². The van der Waals surface area contributed by atoms with E-state index in [0.29, 0.717) is 18.5 Å². The van der Waals surface area contributed by atoms with Gasteiger partial charge < -0.3 is 9.74 Å². The van der Waals surface area contributed by atoms with E-state index in [2.05, 4.69) is 10.1 Å². The van der Waals surface area contributed by atoms with E-state index in [-0.39, 0.29) is 36.0 Å². The maximum atomic E-state index is 13.0. The zero-order valence-electron chi connectivity index (χ0n) is 16.9. The first-order chi connectivity index (χ1) is 14.8. The molecule has 0 unspecified atom stereocenters. The third-order valence-corrected chi connectivity index (χ3v) is 7.32. The molecule has 1 atom stereocenters. The highest BCUT2D eigenvalue weighted by Gasteiger charge is 2.50. The summed E-state index contributed by atoms with van der Waals surface area (Å²) in [5.41, 5.74) is 0.586. The van der Waals surface area contributed by atoms with Gasteiger partial charge in [0.2, 0.25) is 10.0 Å². The van der Waals surface area contributed by atoms with Gasteiger partial charge in [-0.3, -0.25) is 9.78 Å². The number of benzene rings is 1. The molecule has 1 aromatic heterocycles. The Morgan fingerprint density at radius 2 is 2.06 bits per heavy atom. The van der Waals surface area contributed by atoms with Gasteiger partial charge in [-0.2, -0.15) is 9.57 Å². The number of rotatable bonds is 5. The molecule has 0 bridgehead atoms. The standard InChI is InChI=1S/C21H21N5O4S/c1-25(14-17-4-2-3-10-23-17)20(27)19-12-21(30-24-19)9-11-26(15-21)31(28,29)18-7-5-16(13-22)6-8-18/h2-8,10H,9,11-12,14-15H2,1H3/t21-/m1/s1. The molecule has 0 saturated carbocycles. The van der Waals surface area contributed by atoms with Crippen LogP contribution in [0.25, 0.3) is 0 Å². The van der Waals surface area contributed by atoms with E-state index in [9.17, 15) is 13.2 Å². The van der Waals surface area contributed by atoms with Gasteiger partial charge in [-0.15, -0.1) is 0 Å². The predicted molar refractivity (Wildman–Crippen MR) is 111 cm³/mol. The van der Waals surface area contributed by atoms with Gasteiger partial charge in [-0.25, -0.2) is 8.42 Å². The number of nitrogens with zero attached hydrogens (tertiary/aromatic N) is 5. The quantitative estimate of drug-likeness (QED) is 0.697. The van der Waals surface area contributed by atoms with Gasteiger partial charge in [0.1, 0.15) is 5.71 Å². The molecule has 1 amide bonds. The predicted octanol–water partition coefficient (Wildman–Crippen LogP) is 1.52. The van der Waals surface area contributed by atoms with Crippen molar-refractivity contribution < 1.29 is 18.0 Å². The highest BCUT2D eigenvalue weighted by molar-refractivity contribution is 7.89. The largest absolute Gasteiger partial charge is 0.387 e. The Morgan fingerprint density at radius 3 is 2.74 bits per heavy atom. The van der Waals surface area contributed by atoms with Gasteiger partial charge >= 0.3 is 0 Å². The second kappa shape index (κ2) is 8.09. The highest BCUT2D eigenvalue weighted by Crippen LogP contribution is 2.36. The molecule has 1 spiro atoms. The van der Waals surface area contributed by atoms with Gasteiger partial charge in [0.25, 0.3) is 5.91 Å². The van der Waals surface area contributed by atoms with E-state index < -0.39 is 15.6 Å². The number of amides is 1. The van der Waals surface area contributed by atoms with Crippen LogP contribution in [-0.2, 0) is 26.2 Å². The second-order valence-electron chi connectivity index (χ2n) is 7.70. The van der Waals surface area contributed by atoms with Crippen LogP contribution in [0.2, 0.25) is 0 Å². The average molecular weight is 439 g/mol. The first-order valence-electron chi connectivity index (χ1n) is 9.74. The smallest absolute Gasteiger partial charge is 0.271 e. The van der Waals surface area contributed by atoms with E-state index in [4.69, 9.17) is 10.1 Å². The molecule has 0 aliphatic carbocycles. The van der Waals surface area contributed by atoms with Crippen molar-refractivity contribution in [1.29, 1.82) is 5.26 Å². The van der Waals surface area contributed by atoms with Crippen molar-refractivity contribution >= 4 is 21.6 Å². The normalized spacial score (nSPS) is 20.8. The Bertz CT molecular complexity index is 1160. The van der Waals surface area contributed by atoms with Gasteiger partial charge in [-0.1, -0.05) is 11.2 Å². The summed E-state index contributed by atoms with van der Waals surface area (Å²) in [6, 6.07) is 13.3. The fourth-order valence-electron chi connectivity index (χ4n) is 3.75. The Hall–Kier alpha value is -3.29.